The summed E-state index contributed by atoms with van der Waals surface area (Å²) in [6.07, 6.45) is 8.73. The molecule has 1 atom stereocenters. The van der Waals surface area contributed by atoms with Crippen LogP contribution >= 0.6 is 0 Å². The van der Waals surface area contributed by atoms with Gasteiger partial charge < -0.3 is 5.43 Å². The summed E-state index contributed by atoms with van der Waals surface area (Å²) in [6.45, 7) is 2.19. The van der Waals surface area contributed by atoms with E-state index in [4.69, 9.17) is 10.8 Å². The van der Waals surface area contributed by atoms with Gasteiger partial charge in [-0.2, -0.15) is 0 Å². The molecular weight excluding hydrogens is 246 g/mol. The molecule has 3 heteroatoms. The van der Waals surface area contributed by atoms with E-state index in [2.05, 4.69) is 36.6 Å². The first-order chi connectivity index (χ1) is 9.85. The molecule has 1 aromatic carbocycles. The quantitative estimate of drug-likeness (QED) is 0.288. The second-order valence-corrected chi connectivity index (χ2v) is 5.68. The van der Waals surface area contributed by atoms with Gasteiger partial charge in [0, 0.05) is 5.92 Å². The molecule has 0 amide bonds. The zero-order chi connectivity index (χ0) is 14.2. The third kappa shape index (κ3) is 4.07. The highest BCUT2D eigenvalue weighted by molar-refractivity contribution is 5.88. The number of hydrazine groups is 1. The Morgan fingerprint density at radius 2 is 1.85 bits per heavy atom. The Hall–Kier alpha value is -1.35. The zero-order valence-corrected chi connectivity index (χ0v) is 12.5. The van der Waals surface area contributed by atoms with E-state index < -0.39 is 0 Å². The molecule has 0 saturated heterocycles. The lowest BCUT2D eigenvalue weighted by atomic mass is 9.95. The fraction of sp³-hybridized carbons (Fsp3) is 0.588. The highest BCUT2D eigenvalue weighted by Gasteiger charge is 2.18. The van der Waals surface area contributed by atoms with E-state index in [1.54, 1.807) is 0 Å². The van der Waals surface area contributed by atoms with E-state index in [0.717, 1.165) is 12.3 Å². The first-order valence-corrected chi connectivity index (χ1v) is 7.94. The summed E-state index contributed by atoms with van der Waals surface area (Å²) in [5, 5.41) is 0. The van der Waals surface area contributed by atoms with Crippen molar-refractivity contribution in [3.63, 3.8) is 0 Å². The highest BCUT2D eigenvalue weighted by atomic mass is 15.3. The van der Waals surface area contributed by atoms with Crippen LogP contribution in [0.3, 0.4) is 0 Å². The van der Waals surface area contributed by atoms with Gasteiger partial charge in [-0.1, -0.05) is 62.9 Å². The van der Waals surface area contributed by atoms with Gasteiger partial charge in [0.1, 0.15) is 5.84 Å². The first-order valence-electron chi connectivity index (χ1n) is 7.94. The van der Waals surface area contributed by atoms with E-state index in [9.17, 15) is 0 Å². The molecule has 1 fully saturated rings. The van der Waals surface area contributed by atoms with Crippen LogP contribution < -0.4 is 11.3 Å². The normalized spacial score (nSPS) is 19.4. The fourth-order valence-corrected chi connectivity index (χ4v) is 3.08. The number of nitrogens with zero attached hydrogens (tertiary/aromatic N) is 1. The van der Waals surface area contributed by atoms with Crippen molar-refractivity contribution in [3.8, 4) is 0 Å². The van der Waals surface area contributed by atoms with Crippen LogP contribution in [0.5, 0.6) is 0 Å². The van der Waals surface area contributed by atoms with Crippen molar-refractivity contribution in [1.82, 2.24) is 5.43 Å². The maximum Gasteiger partial charge on any atom is 0.118 e. The predicted octanol–water partition coefficient (Wildman–Crippen LogP) is 3.76. The van der Waals surface area contributed by atoms with Gasteiger partial charge in [-0.25, -0.2) is 5.84 Å². The van der Waals surface area contributed by atoms with Gasteiger partial charge in [0.25, 0.3) is 0 Å². The molecule has 1 aliphatic carbocycles. The van der Waals surface area contributed by atoms with Crippen LogP contribution in [0.15, 0.2) is 35.3 Å². The molecule has 0 radical (unpaired) electrons. The summed E-state index contributed by atoms with van der Waals surface area (Å²) in [5.74, 6) is 6.99. The molecular formula is C17H27N3. The van der Waals surface area contributed by atoms with E-state index in [0.29, 0.717) is 6.04 Å². The fourth-order valence-electron chi connectivity index (χ4n) is 3.08. The van der Waals surface area contributed by atoms with Crippen molar-refractivity contribution < 1.29 is 0 Å². The number of benzene rings is 1. The van der Waals surface area contributed by atoms with Gasteiger partial charge in [0.15, 0.2) is 0 Å². The Kier molecular flexibility index (Phi) is 6.06. The van der Waals surface area contributed by atoms with Gasteiger partial charge in [-0.05, 0) is 24.8 Å². The molecule has 0 aromatic heterocycles. The minimum Gasteiger partial charge on any atom is -0.312 e. The molecule has 0 spiro atoms. The third-order valence-electron chi connectivity index (χ3n) is 4.23. The maximum absolute atomic E-state index is 5.76. The lowest BCUT2D eigenvalue weighted by Gasteiger charge is -2.20. The van der Waals surface area contributed by atoms with Crippen LogP contribution in [0.4, 0.5) is 0 Å². The molecule has 1 unspecified atom stereocenters. The number of hydrogen-bond donors (Lipinski definition) is 2. The van der Waals surface area contributed by atoms with Crippen LogP contribution in [0, 0.1) is 0 Å². The minimum absolute atomic E-state index is 0.282. The summed E-state index contributed by atoms with van der Waals surface area (Å²) in [6, 6.07) is 11.0. The van der Waals surface area contributed by atoms with Gasteiger partial charge in [-0.15, -0.1) is 0 Å². The second-order valence-electron chi connectivity index (χ2n) is 5.68. The highest BCUT2D eigenvalue weighted by Crippen LogP contribution is 2.24. The number of amidine groups is 1. The molecule has 3 N–H and O–H groups in total. The van der Waals surface area contributed by atoms with E-state index >= 15 is 0 Å². The monoisotopic (exact) mass is 273 g/mol. The molecule has 0 aliphatic heterocycles. The summed E-state index contributed by atoms with van der Waals surface area (Å²) in [4.78, 5) is 4.94. The number of aliphatic imine (C=N–C) groups is 1. The van der Waals surface area contributed by atoms with Crippen molar-refractivity contribution in [1.29, 1.82) is 0 Å². The average Bonchev–Trinajstić information content (AvgIpc) is 2.76. The topological polar surface area (TPSA) is 50.4 Å². The molecule has 0 heterocycles. The van der Waals surface area contributed by atoms with Crippen molar-refractivity contribution in [2.24, 2.45) is 10.8 Å². The SMILES string of the molecule is CCC(C(=NC1CCCCCC1)NN)c1ccccc1. The van der Waals surface area contributed by atoms with Gasteiger partial charge in [0.2, 0.25) is 0 Å². The largest absolute Gasteiger partial charge is 0.312 e. The Morgan fingerprint density at radius 1 is 1.20 bits per heavy atom. The standard InChI is InChI=1S/C17H27N3/c1-2-16(14-10-6-5-7-11-14)17(20-18)19-15-12-8-3-4-9-13-15/h5-7,10-11,15-16H,2-4,8-9,12-13,18H2,1H3,(H,19,20). The maximum atomic E-state index is 5.76. The average molecular weight is 273 g/mol. The van der Waals surface area contributed by atoms with Crippen LogP contribution in [-0.4, -0.2) is 11.9 Å². The van der Waals surface area contributed by atoms with Crippen molar-refractivity contribution >= 4 is 5.84 Å². The number of hydrogen-bond acceptors (Lipinski definition) is 2. The molecule has 1 aliphatic rings. The summed E-state index contributed by atoms with van der Waals surface area (Å²) >= 11 is 0. The smallest absolute Gasteiger partial charge is 0.118 e. The van der Waals surface area contributed by atoms with Crippen LogP contribution in [0.1, 0.15) is 63.4 Å². The van der Waals surface area contributed by atoms with E-state index in [-0.39, 0.29) is 5.92 Å². The minimum atomic E-state index is 0.282. The Morgan fingerprint density at radius 3 is 2.40 bits per heavy atom. The van der Waals surface area contributed by atoms with Gasteiger partial charge in [-0.3, -0.25) is 4.99 Å². The number of nitrogens with one attached hydrogen (secondary N) is 1. The van der Waals surface area contributed by atoms with E-state index in [1.165, 1.54) is 44.1 Å². The van der Waals surface area contributed by atoms with Crippen LogP contribution in [-0.2, 0) is 0 Å². The summed E-state index contributed by atoms with van der Waals surface area (Å²) < 4.78 is 0. The predicted molar refractivity (Wildman–Crippen MR) is 85.7 cm³/mol. The van der Waals surface area contributed by atoms with Crippen LogP contribution in [0.2, 0.25) is 0 Å². The second kappa shape index (κ2) is 8.05. The summed E-state index contributed by atoms with van der Waals surface area (Å²) in [5.41, 5.74) is 4.16. The van der Waals surface area contributed by atoms with Crippen LogP contribution in [0.25, 0.3) is 0 Å². The van der Waals surface area contributed by atoms with Gasteiger partial charge in [0.05, 0.1) is 6.04 Å². The molecule has 1 aromatic rings. The molecule has 0 bridgehead atoms. The lowest BCUT2D eigenvalue weighted by Crippen LogP contribution is -2.36. The molecule has 110 valence electrons. The van der Waals surface area contributed by atoms with E-state index in [1.807, 2.05) is 6.07 Å². The van der Waals surface area contributed by atoms with Crippen molar-refractivity contribution in [2.75, 3.05) is 0 Å². The number of nitrogens with two attached hydrogens (primary N) is 1. The zero-order valence-electron chi connectivity index (χ0n) is 12.5. The first kappa shape index (κ1) is 15.0. The molecule has 3 nitrogen and oxygen atoms in total. The molecule has 2 rings (SSSR count). The number of rotatable bonds is 4. The third-order valence-corrected chi connectivity index (χ3v) is 4.23. The van der Waals surface area contributed by atoms with Gasteiger partial charge >= 0.3 is 0 Å². The lowest BCUT2D eigenvalue weighted by molar-refractivity contribution is 0.577. The Bertz CT molecular complexity index is 406. The molecule has 1 saturated carbocycles. The summed E-state index contributed by atoms with van der Waals surface area (Å²) in [7, 11) is 0. The Balaban J connectivity index is 2.15. The van der Waals surface area contributed by atoms with Crippen molar-refractivity contribution in [2.45, 2.75) is 63.8 Å². The Labute approximate surface area is 122 Å². The van der Waals surface area contributed by atoms with Crippen molar-refractivity contribution in [3.05, 3.63) is 35.9 Å². The molecule has 20 heavy (non-hydrogen) atoms.